The second-order valence-corrected chi connectivity index (χ2v) is 8.43. The molecular weight excluding hydrogens is 371 g/mol. The third-order valence-corrected chi connectivity index (χ3v) is 6.96. The number of benzene rings is 1. The van der Waals surface area contributed by atoms with Crippen LogP contribution in [0.2, 0.25) is 0 Å². The minimum atomic E-state index is -0.498. The SMILES string of the molecule is Cc1c(Cc2ccc(F)c(C(=O)N3CCC4(CC3)CCN4C)c2)n[nH]c(=O)c1C. The first-order valence-electron chi connectivity index (χ1n) is 10.1. The molecule has 0 bridgehead atoms. The van der Waals surface area contributed by atoms with Crippen LogP contribution in [-0.2, 0) is 6.42 Å². The van der Waals surface area contributed by atoms with Crippen molar-refractivity contribution in [2.75, 3.05) is 26.7 Å². The Kier molecular flexibility index (Phi) is 5.02. The summed E-state index contributed by atoms with van der Waals surface area (Å²) in [6.45, 7) is 6.03. The Labute approximate surface area is 169 Å². The number of H-pyrrole nitrogens is 1. The van der Waals surface area contributed by atoms with Gasteiger partial charge in [0.25, 0.3) is 11.5 Å². The van der Waals surface area contributed by atoms with Crippen LogP contribution in [0.1, 0.15) is 52.0 Å². The highest BCUT2D eigenvalue weighted by Gasteiger charge is 2.45. The van der Waals surface area contributed by atoms with Gasteiger partial charge in [0, 0.05) is 37.2 Å². The summed E-state index contributed by atoms with van der Waals surface area (Å²) in [5, 5.41) is 6.62. The molecule has 2 aliphatic rings. The number of hydrogen-bond donors (Lipinski definition) is 1. The highest BCUT2D eigenvalue weighted by atomic mass is 19.1. The number of aromatic amines is 1. The van der Waals surface area contributed by atoms with Crippen LogP contribution in [0, 0.1) is 19.7 Å². The van der Waals surface area contributed by atoms with Gasteiger partial charge in [0.2, 0.25) is 0 Å². The topological polar surface area (TPSA) is 69.3 Å². The van der Waals surface area contributed by atoms with Gasteiger partial charge in [-0.2, -0.15) is 5.10 Å². The minimum Gasteiger partial charge on any atom is -0.338 e. The number of nitrogens with zero attached hydrogens (tertiary/aromatic N) is 3. The molecule has 7 heteroatoms. The lowest BCUT2D eigenvalue weighted by Crippen LogP contribution is -2.62. The molecule has 0 aliphatic carbocycles. The maximum absolute atomic E-state index is 14.5. The van der Waals surface area contributed by atoms with Crippen molar-refractivity contribution in [3.05, 3.63) is 62.3 Å². The molecule has 29 heavy (non-hydrogen) atoms. The molecule has 2 fully saturated rings. The number of rotatable bonds is 3. The summed E-state index contributed by atoms with van der Waals surface area (Å²) >= 11 is 0. The smallest absolute Gasteiger partial charge is 0.267 e. The second-order valence-electron chi connectivity index (χ2n) is 8.43. The number of carbonyl (C=O) groups excluding carboxylic acids is 1. The lowest BCUT2D eigenvalue weighted by molar-refractivity contribution is -0.0349. The Bertz CT molecular complexity index is 1010. The number of amides is 1. The number of piperidine rings is 1. The van der Waals surface area contributed by atoms with Crippen molar-refractivity contribution < 1.29 is 9.18 Å². The van der Waals surface area contributed by atoms with Crippen LogP contribution in [0.3, 0.4) is 0 Å². The van der Waals surface area contributed by atoms with Gasteiger partial charge in [0.15, 0.2) is 0 Å². The van der Waals surface area contributed by atoms with E-state index in [1.54, 1.807) is 24.0 Å². The summed E-state index contributed by atoms with van der Waals surface area (Å²) in [5.74, 6) is -0.745. The van der Waals surface area contributed by atoms with E-state index < -0.39 is 5.82 Å². The zero-order valence-corrected chi connectivity index (χ0v) is 17.2. The molecule has 3 heterocycles. The van der Waals surface area contributed by atoms with Gasteiger partial charge in [-0.05, 0) is 63.4 Å². The molecule has 4 rings (SSSR count). The maximum atomic E-state index is 14.5. The Morgan fingerprint density at radius 2 is 1.86 bits per heavy atom. The molecule has 0 saturated carbocycles. The molecule has 2 aromatic rings. The molecule has 154 valence electrons. The molecule has 0 atom stereocenters. The van der Waals surface area contributed by atoms with E-state index in [-0.39, 0.29) is 22.6 Å². The molecule has 0 unspecified atom stereocenters. The average molecular weight is 398 g/mol. The van der Waals surface area contributed by atoms with E-state index in [1.165, 1.54) is 12.5 Å². The first kappa shape index (κ1) is 19.8. The molecule has 2 saturated heterocycles. The largest absolute Gasteiger partial charge is 0.338 e. The van der Waals surface area contributed by atoms with Crippen LogP contribution >= 0.6 is 0 Å². The molecule has 0 radical (unpaired) electrons. The number of aromatic nitrogens is 2. The summed E-state index contributed by atoms with van der Waals surface area (Å²) in [4.78, 5) is 28.8. The fourth-order valence-electron chi connectivity index (χ4n) is 4.46. The fraction of sp³-hybridized carbons (Fsp3) is 0.500. The highest BCUT2D eigenvalue weighted by molar-refractivity contribution is 5.94. The van der Waals surface area contributed by atoms with E-state index in [0.717, 1.165) is 36.2 Å². The first-order chi connectivity index (χ1) is 13.8. The van der Waals surface area contributed by atoms with E-state index >= 15 is 0 Å². The summed E-state index contributed by atoms with van der Waals surface area (Å²) < 4.78 is 14.5. The van der Waals surface area contributed by atoms with Gasteiger partial charge in [-0.3, -0.25) is 9.59 Å². The van der Waals surface area contributed by atoms with E-state index in [0.29, 0.717) is 25.1 Å². The average Bonchev–Trinajstić information content (AvgIpc) is 2.74. The van der Waals surface area contributed by atoms with E-state index in [2.05, 4.69) is 22.1 Å². The van der Waals surface area contributed by atoms with E-state index in [4.69, 9.17) is 0 Å². The minimum absolute atomic E-state index is 0.110. The van der Waals surface area contributed by atoms with E-state index in [1.807, 2.05) is 6.92 Å². The van der Waals surface area contributed by atoms with Gasteiger partial charge in [-0.1, -0.05) is 6.07 Å². The highest BCUT2D eigenvalue weighted by Crippen LogP contribution is 2.38. The van der Waals surface area contributed by atoms with Gasteiger partial charge in [-0.15, -0.1) is 0 Å². The summed E-state index contributed by atoms with van der Waals surface area (Å²) in [6.07, 6.45) is 3.49. The predicted octanol–water partition coefficient (Wildman–Crippen LogP) is 2.43. The second kappa shape index (κ2) is 7.37. The monoisotopic (exact) mass is 398 g/mol. The first-order valence-corrected chi connectivity index (χ1v) is 10.1. The molecule has 1 amide bonds. The van der Waals surface area contributed by atoms with Crippen LogP contribution < -0.4 is 5.56 Å². The molecule has 1 aromatic carbocycles. The van der Waals surface area contributed by atoms with Gasteiger partial charge in [0.05, 0.1) is 11.3 Å². The van der Waals surface area contributed by atoms with Crippen LogP contribution in [0.15, 0.2) is 23.0 Å². The van der Waals surface area contributed by atoms with Crippen molar-refractivity contribution in [1.29, 1.82) is 0 Å². The van der Waals surface area contributed by atoms with Crippen LogP contribution in [0.4, 0.5) is 4.39 Å². The summed E-state index contributed by atoms with van der Waals surface area (Å²) in [5.41, 5.74) is 3.10. The normalized spacial score (nSPS) is 18.7. The van der Waals surface area contributed by atoms with Crippen molar-refractivity contribution >= 4 is 5.91 Å². The molecule has 1 N–H and O–H groups in total. The molecule has 1 aromatic heterocycles. The Morgan fingerprint density at radius 3 is 2.48 bits per heavy atom. The van der Waals surface area contributed by atoms with Crippen LogP contribution in [0.25, 0.3) is 0 Å². The standard InChI is InChI=1S/C22H27FN4O2/c1-14-15(2)20(28)25-24-19(14)13-16-4-5-18(23)17(12-16)21(29)27-10-7-22(8-11-27)6-9-26(22)3/h4-5,12H,6-11,13H2,1-3H3,(H,25,28). The van der Waals surface area contributed by atoms with Gasteiger partial charge in [-0.25, -0.2) is 9.49 Å². The van der Waals surface area contributed by atoms with Crippen molar-refractivity contribution in [1.82, 2.24) is 20.0 Å². The number of halogens is 1. The Morgan fingerprint density at radius 1 is 1.17 bits per heavy atom. The van der Waals surface area contributed by atoms with E-state index in [9.17, 15) is 14.0 Å². The van der Waals surface area contributed by atoms with Gasteiger partial charge >= 0.3 is 0 Å². The third kappa shape index (κ3) is 3.48. The van der Waals surface area contributed by atoms with Gasteiger partial charge < -0.3 is 9.80 Å². The van der Waals surface area contributed by atoms with Crippen molar-refractivity contribution in [3.63, 3.8) is 0 Å². The van der Waals surface area contributed by atoms with Crippen molar-refractivity contribution in [2.45, 2.75) is 45.1 Å². The molecule has 1 spiro atoms. The van der Waals surface area contributed by atoms with Crippen molar-refractivity contribution in [2.24, 2.45) is 0 Å². The Balaban J connectivity index is 1.52. The van der Waals surface area contributed by atoms with Gasteiger partial charge in [0.1, 0.15) is 5.82 Å². The fourth-order valence-corrected chi connectivity index (χ4v) is 4.46. The zero-order valence-electron chi connectivity index (χ0n) is 17.2. The van der Waals surface area contributed by atoms with Crippen molar-refractivity contribution in [3.8, 4) is 0 Å². The van der Waals surface area contributed by atoms with Crippen LogP contribution in [-0.4, -0.2) is 58.1 Å². The summed E-state index contributed by atoms with van der Waals surface area (Å²) in [7, 11) is 2.14. The molecular formula is C22H27FN4O2. The Hall–Kier alpha value is -2.54. The molecule has 6 nitrogen and oxygen atoms in total. The number of nitrogens with one attached hydrogen (secondary N) is 1. The zero-order chi connectivity index (χ0) is 20.8. The number of hydrogen-bond acceptors (Lipinski definition) is 4. The maximum Gasteiger partial charge on any atom is 0.267 e. The van der Waals surface area contributed by atoms with Crippen LogP contribution in [0.5, 0.6) is 0 Å². The quantitative estimate of drug-likeness (QED) is 0.862. The predicted molar refractivity (Wildman–Crippen MR) is 109 cm³/mol. The third-order valence-electron chi connectivity index (χ3n) is 6.96. The molecule has 2 aliphatic heterocycles. The summed E-state index contributed by atoms with van der Waals surface area (Å²) in [6, 6.07) is 4.64. The lowest BCUT2D eigenvalue weighted by Gasteiger charge is -2.55. The lowest BCUT2D eigenvalue weighted by atomic mass is 9.77. The number of likely N-dealkylation sites (tertiary alicyclic amines) is 2. The number of carbonyl (C=O) groups is 1.